The van der Waals surface area contributed by atoms with Crippen LogP contribution >= 0.6 is 11.3 Å². The van der Waals surface area contributed by atoms with Crippen LogP contribution in [-0.2, 0) is 9.47 Å². The summed E-state index contributed by atoms with van der Waals surface area (Å²) in [5, 5.41) is 2.15. The van der Waals surface area contributed by atoms with Crippen molar-refractivity contribution in [2.75, 3.05) is 0 Å². The van der Waals surface area contributed by atoms with Crippen LogP contribution in [0.25, 0.3) is 0 Å². The lowest BCUT2D eigenvalue weighted by molar-refractivity contribution is -0.188. The van der Waals surface area contributed by atoms with Crippen molar-refractivity contribution in [3.05, 3.63) is 22.4 Å². The molecule has 0 N–H and O–H groups in total. The van der Waals surface area contributed by atoms with Crippen LogP contribution in [0.2, 0.25) is 0 Å². The molecule has 0 radical (unpaired) electrons. The van der Waals surface area contributed by atoms with E-state index < -0.39 is 0 Å². The van der Waals surface area contributed by atoms with Crippen LogP contribution in [0.5, 0.6) is 0 Å². The van der Waals surface area contributed by atoms with Gasteiger partial charge in [-0.05, 0) is 53.4 Å². The summed E-state index contributed by atoms with van der Waals surface area (Å²) in [6, 6.07) is 4.33. The third kappa shape index (κ3) is 2.26. The van der Waals surface area contributed by atoms with Gasteiger partial charge >= 0.3 is 0 Å². The molecule has 3 heteroatoms. The van der Waals surface area contributed by atoms with Crippen molar-refractivity contribution >= 4 is 11.3 Å². The Morgan fingerprint density at radius 2 is 2.22 bits per heavy atom. The van der Waals surface area contributed by atoms with E-state index in [1.165, 1.54) is 17.7 Å². The lowest BCUT2D eigenvalue weighted by Gasteiger charge is -2.39. The van der Waals surface area contributed by atoms with Gasteiger partial charge in [0.2, 0.25) is 0 Å². The molecule has 0 unspecified atom stereocenters. The summed E-state index contributed by atoms with van der Waals surface area (Å²) in [5.74, 6) is 1.52. The molecule has 2 saturated carbocycles. The molecule has 1 aromatic rings. The molecular formula is C20H30O2S. The first-order valence-electron chi connectivity index (χ1n) is 9.31. The summed E-state index contributed by atoms with van der Waals surface area (Å²) in [4.78, 5) is 1.35. The van der Waals surface area contributed by atoms with Gasteiger partial charge in [-0.1, -0.05) is 40.2 Å². The molecule has 6 atom stereocenters. The van der Waals surface area contributed by atoms with Gasteiger partial charge in [0.25, 0.3) is 0 Å². The number of ether oxygens (including phenoxy) is 2. The molecule has 0 spiro atoms. The largest absolute Gasteiger partial charge is 0.349 e. The monoisotopic (exact) mass is 334 g/mol. The van der Waals surface area contributed by atoms with E-state index in [9.17, 15) is 0 Å². The van der Waals surface area contributed by atoms with E-state index in [0.717, 1.165) is 25.2 Å². The second-order valence-corrected chi connectivity index (χ2v) is 9.58. The number of fused-ring (bicyclic) bond motifs is 5. The molecule has 2 nitrogen and oxygen atoms in total. The Morgan fingerprint density at radius 3 is 2.87 bits per heavy atom. The second-order valence-electron chi connectivity index (χ2n) is 8.60. The molecule has 1 aliphatic heterocycles. The Balaban J connectivity index is 1.48. The van der Waals surface area contributed by atoms with Crippen molar-refractivity contribution in [2.45, 2.75) is 78.3 Å². The molecule has 4 rings (SSSR count). The quantitative estimate of drug-likeness (QED) is 0.678. The molecule has 0 aromatic carbocycles. The lowest BCUT2D eigenvalue weighted by Crippen LogP contribution is -2.38. The van der Waals surface area contributed by atoms with Gasteiger partial charge < -0.3 is 9.47 Å². The van der Waals surface area contributed by atoms with Gasteiger partial charge in [-0.2, -0.15) is 0 Å². The maximum atomic E-state index is 6.52. The standard InChI is InChI=1S/C20H30O2S/c1-5-7-15(16-8-6-11-23-16)21-17-12-13-14-9-10-20(4,18(13)22-17)19(14,2)3/h6,8,11,13-15,17-18H,5,7,9-10,12H2,1-4H3/t13-,14+,15-,17-,18-,20-/m0/s1. The lowest BCUT2D eigenvalue weighted by atomic mass is 9.70. The van der Waals surface area contributed by atoms with Crippen LogP contribution in [0.3, 0.4) is 0 Å². The van der Waals surface area contributed by atoms with Crippen molar-refractivity contribution in [1.82, 2.24) is 0 Å². The van der Waals surface area contributed by atoms with E-state index in [-0.39, 0.29) is 12.4 Å². The molecule has 23 heavy (non-hydrogen) atoms. The Kier molecular flexibility index (Phi) is 3.90. The van der Waals surface area contributed by atoms with E-state index in [0.29, 0.717) is 22.9 Å². The van der Waals surface area contributed by atoms with Crippen LogP contribution < -0.4 is 0 Å². The van der Waals surface area contributed by atoms with E-state index in [2.05, 4.69) is 45.2 Å². The fourth-order valence-corrected chi connectivity index (χ4v) is 6.57. The van der Waals surface area contributed by atoms with Crippen LogP contribution in [0, 0.1) is 22.7 Å². The first-order valence-corrected chi connectivity index (χ1v) is 10.2. The van der Waals surface area contributed by atoms with Crippen LogP contribution in [-0.4, -0.2) is 12.4 Å². The Labute approximate surface area is 144 Å². The highest BCUT2D eigenvalue weighted by Crippen LogP contribution is 2.71. The van der Waals surface area contributed by atoms with Crippen molar-refractivity contribution in [3.8, 4) is 0 Å². The molecule has 0 amide bonds. The van der Waals surface area contributed by atoms with Crippen molar-refractivity contribution in [2.24, 2.45) is 22.7 Å². The number of rotatable bonds is 5. The van der Waals surface area contributed by atoms with Gasteiger partial charge in [0.1, 0.15) is 0 Å². The summed E-state index contributed by atoms with van der Waals surface area (Å²) < 4.78 is 13.0. The highest BCUT2D eigenvalue weighted by atomic mass is 32.1. The van der Waals surface area contributed by atoms with E-state index in [1.54, 1.807) is 0 Å². The highest BCUT2D eigenvalue weighted by Gasteiger charge is 2.69. The summed E-state index contributed by atoms with van der Waals surface area (Å²) in [6.07, 6.45) is 6.65. The highest BCUT2D eigenvalue weighted by molar-refractivity contribution is 7.10. The average Bonchev–Trinajstić information content (AvgIpc) is 3.22. The predicted octanol–water partition coefficient (Wildman–Crippen LogP) is 5.79. The van der Waals surface area contributed by atoms with Gasteiger partial charge in [0, 0.05) is 11.3 Å². The molecule has 3 fully saturated rings. The summed E-state index contributed by atoms with van der Waals surface area (Å²) in [5.41, 5.74) is 0.757. The van der Waals surface area contributed by atoms with Crippen LogP contribution in [0.4, 0.5) is 0 Å². The third-order valence-electron chi connectivity index (χ3n) is 7.40. The molecule has 2 aliphatic carbocycles. The smallest absolute Gasteiger partial charge is 0.159 e. The Bertz CT molecular complexity index is 552. The van der Waals surface area contributed by atoms with E-state index in [4.69, 9.17) is 9.47 Å². The fourth-order valence-electron chi connectivity index (χ4n) is 5.77. The van der Waals surface area contributed by atoms with Gasteiger partial charge in [0.05, 0.1) is 12.2 Å². The maximum absolute atomic E-state index is 6.52. The molecular weight excluding hydrogens is 304 g/mol. The maximum Gasteiger partial charge on any atom is 0.159 e. The van der Waals surface area contributed by atoms with E-state index >= 15 is 0 Å². The summed E-state index contributed by atoms with van der Waals surface area (Å²) >= 11 is 1.81. The second kappa shape index (κ2) is 5.57. The summed E-state index contributed by atoms with van der Waals surface area (Å²) in [6.45, 7) is 9.63. The Morgan fingerprint density at radius 1 is 1.39 bits per heavy atom. The first kappa shape index (κ1) is 16.1. The molecule has 1 saturated heterocycles. The van der Waals surface area contributed by atoms with Gasteiger partial charge in [-0.25, -0.2) is 0 Å². The molecule has 2 heterocycles. The number of hydrogen-bond donors (Lipinski definition) is 0. The fraction of sp³-hybridized carbons (Fsp3) is 0.800. The normalized spacial score (nSPS) is 42.1. The average molecular weight is 335 g/mol. The zero-order valence-corrected chi connectivity index (χ0v) is 15.7. The minimum atomic E-state index is -0.000301. The zero-order chi connectivity index (χ0) is 16.2. The van der Waals surface area contributed by atoms with E-state index in [1.807, 2.05) is 11.3 Å². The molecule has 1 aromatic heterocycles. The zero-order valence-electron chi connectivity index (χ0n) is 14.9. The first-order chi connectivity index (χ1) is 11.0. The van der Waals surface area contributed by atoms with Crippen molar-refractivity contribution in [3.63, 3.8) is 0 Å². The molecule has 2 bridgehead atoms. The topological polar surface area (TPSA) is 18.5 Å². The van der Waals surface area contributed by atoms with Gasteiger partial charge in [-0.3, -0.25) is 0 Å². The minimum absolute atomic E-state index is 0.000301. The predicted molar refractivity (Wildman–Crippen MR) is 94.4 cm³/mol. The number of hydrogen-bond acceptors (Lipinski definition) is 3. The van der Waals surface area contributed by atoms with Crippen molar-refractivity contribution < 1.29 is 9.47 Å². The molecule has 3 aliphatic rings. The van der Waals surface area contributed by atoms with Crippen molar-refractivity contribution in [1.29, 1.82) is 0 Å². The Hall–Kier alpha value is -0.380. The van der Waals surface area contributed by atoms with Gasteiger partial charge in [-0.15, -0.1) is 11.3 Å². The van der Waals surface area contributed by atoms with Gasteiger partial charge in [0.15, 0.2) is 6.29 Å². The SMILES string of the molecule is CCC[C@H](O[C@@H]1C[C@H]2[C@H]3CC[C@@](C)([C@H]2O1)C3(C)C)c1cccs1. The molecule has 128 valence electrons. The van der Waals surface area contributed by atoms with Crippen LogP contribution in [0.15, 0.2) is 17.5 Å². The van der Waals surface area contributed by atoms with Crippen LogP contribution in [0.1, 0.15) is 70.8 Å². The minimum Gasteiger partial charge on any atom is -0.349 e. The third-order valence-corrected chi connectivity index (χ3v) is 8.36. The summed E-state index contributed by atoms with van der Waals surface area (Å²) in [7, 11) is 0. The number of thiophene rings is 1.